The molecule has 0 heterocycles. The van der Waals surface area contributed by atoms with Crippen LogP contribution >= 0.6 is 11.6 Å². The molecular formula is C16H16ClNO2S. The largest absolute Gasteiger partial charge is 0.242 e. The average Bonchev–Trinajstić information content (AvgIpc) is 3.28. The molecule has 0 spiro atoms. The molecule has 0 radical (unpaired) electrons. The summed E-state index contributed by atoms with van der Waals surface area (Å²) in [5.74, 6) is 0. The Hall–Kier alpha value is -1.36. The molecule has 2 aromatic rings. The maximum absolute atomic E-state index is 12.4. The van der Waals surface area contributed by atoms with E-state index in [1.807, 2.05) is 18.2 Å². The Morgan fingerprint density at radius 2 is 1.62 bits per heavy atom. The number of halogens is 1. The zero-order valence-electron chi connectivity index (χ0n) is 11.4. The van der Waals surface area contributed by atoms with Gasteiger partial charge in [0.15, 0.2) is 0 Å². The zero-order chi connectivity index (χ0) is 14.9. The molecule has 21 heavy (non-hydrogen) atoms. The van der Waals surface area contributed by atoms with Crippen molar-refractivity contribution in [2.24, 2.45) is 0 Å². The highest BCUT2D eigenvalue weighted by atomic mass is 35.5. The first kappa shape index (κ1) is 14.6. The van der Waals surface area contributed by atoms with Gasteiger partial charge in [0.2, 0.25) is 10.0 Å². The fraction of sp³-hybridized carbons (Fsp3) is 0.250. The second kappa shape index (κ2) is 5.44. The Labute approximate surface area is 130 Å². The Bertz CT molecular complexity index is 740. The second-order valence-electron chi connectivity index (χ2n) is 5.40. The van der Waals surface area contributed by atoms with Gasteiger partial charge in [0.05, 0.1) is 5.02 Å². The topological polar surface area (TPSA) is 46.2 Å². The molecule has 0 bridgehead atoms. The molecule has 1 aliphatic rings. The molecule has 0 atom stereocenters. The van der Waals surface area contributed by atoms with Crippen LogP contribution < -0.4 is 4.72 Å². The second-order valence-corrected chi connectivity index (χ2v) is 7.54. The first-order chi connectivity index (χ1) is 10.0. The van der Waals surface area contributed by atoms with Gasteiger partial charge in [-0.2, -0.15) is 0 Å². The number of hydrogen-bond donors (Lipinski definition) is 1. The summed E-state index contributed by atoms with van der Waals surface area (Å²) in [6.07, 6.45) is 2.00. The van der Waals surface area contributed by atoms with Gasteiger partial charge in [-0.1, -0.05) is 54.1 Å². The van der Waals surface area contributed by atoms with E-state index in [2.05, 4.69) is 16.9 Å². The highest BCUT2D eigenvalue weighted by Crippen LogP contribution is 2.47. The molecule has 1 aliphatic carbocycles. The number of benzene rings is 2. The molecular weight excluding hydrogens is 306 g/mol. The van der Waals surface area contributed by atoms with Crippen molar-refractivity contribution in [2.75, 3.05) is 6.54 Å². The molecule has 1 saturated carbocycles. The lowest BCUT2D eigenvalue weighted by Gasteiger charge is -2.17. The predicted molar refractivity (Wildman–Crippen MR) is 84.0 cm³/mol. The zero-order valence-corrected chi connectivity index (χ0v) is 13.0. The molecule has 0 amide bonds. The fourth-order valence-corrected chi connectivity index (χ4v) is 4.13. The molecule has 0 aliphatic heterocycles. The van der Waals surface area contributed by atoms with Crippen LogP contribution in [0.15, 0.2) is 59.5 Å². The number of hydrogen-bond acceptors (Lipinski definition) is 2. The van der Waals surface area contributed by atoms with Crippen LogP contribution in [0.5, 0.6) is 0 Å². The molecule has 0 aromatic heterocycles. The first-order valence-electron chi connectivity index (χ1n) is 6.83. The van der Waals surface area contributed by atoms with Gasteiger partial charge >= 0.3 is 0 Å². The Kier molecular flexibility index (Phi) is 3.78. The molecule has 0 saturated heterocycles. The van der Waals surface area contributed by atoms with Crippen LogP contribution in [0.25, 0.3) is 0 Å². The quantitative estimate of drug-likeness (QED) is 0.918. The third kappa shape index (κ3) is 2.98. The summed E-state index contributed by atoms with van der Waals surface area (Å²) in [5, 5.41) is 0.245. The van der Waals surface area contributed by atoms with E-state index in [1.54, 1.807) is 18.2 Å². The highest BCUT2D eigenvalue weighted by molar-refractivity contribution is 7.89. The van der Waals surface area contributed by atoms with Crippen molar-refractivity contribution >= 4 is 21.6 Å². The van der Waals surface area contributed by atoms with Gasteiger partial charge in [-0.15, -0.1) is 0 Å². The van der Waals surface area contributed by atoms with Crippen LogP contribution in [0.4, 0.5) is 0 Å². The normalized spacial score (nSPS) is 16.6. The van der Waals surface area contributed by atoms with Gasteiger partial charge in [0.1, 0.15) is 4.90 Å². The van der Waals surface area contributed by atoms with Crippen LogP contribution in [-0.4, -0.2) is 15.0 Å². The molecule has 5 heteroatoms. The molecule has 2 aromatic carbocycles. The summed E-state index contributed by atoms with van der Waals surface area (Å²) in [7, 11) is -3.57. The van der Waals surface area contributed by atoms with Crippen LogP contribution in [0, 0.1) is 0 Å². The first-order valence-corrected chi connectivity index (χ1v) is 8.69. The monoisotopic (exact) mass is 321 g/mol. The van der Waals surface area contributed by atoms with E-state index >= 15 is 0 Å². The average molecular weight is 322 g/mol. The molecule has 0 unspecified atom stereocenters. The number of sulfonamides is 1. The summed E-state index contributed by atoms with van der Waals surface area (Å²) in [4.78, 5) is 0.135. The van der Waals surface area contributed by atoms with Crippen LogP contribution in [0.2, 0.25) is 5.02 Å². The minimum atomic E-state index is -3.57. The number of rotatable bonds is 5. The fourth-order valence-electron chi connectivity index (χ4n) is 2.48. The molecule has 1 N–H and O–H groups in total. The van der Waals surface area contributed by atoms with E-state index in [4.69, 9.17) is 11.6 Å². The minimum absolute atomic E-state index is 0.0599. The van der Waals surface area contributed by atoms with Crippen molar-refractivity contribution < 1.29 is 8.42 Å². The number of nitrogens with one attached hydrogen (secondary N) is 1. The lowest BCUT2D eigenvalue weighted by molar-refractivity contribution is 0.567. The van der Waals surface area contributed by atoms with Crippen LogP contribution in [0.1, 0.15) is 18.4 Å². The van der Waals surface area contributed by atoms with Crippen molar-refractivity contribution in [2.45, 2.75) is 23.2 Å². The minimum Gasteiger partial charge on any atom is -0.210 e. The smallest absolute Gasteiger partial charge is 0.210 e. The summed E-state index contributed by atoms with van der Waals surface area (Å²) < 4.78 is 27.4. The third-order valence-corrected chi connectivity index (χ3v) is 5.87. The van der Waals surface area contributed by atoms with Crippen molar-refractivity contribution in [3.05, 3.63) is 65.2 Å². The van der Waals surface area contributed by atoms with Gasteiger partial charge in [-0.3, -0.25) is 0 Å². The Morgan fingerprint density at radius 1 is 1.00 bits per heavy atom. The Morgan fingerprint density at radius 3 is 2.24 bits per heavy atom. The predicted octanol–water partition coefficient (Wildman–Crippen LogP) is 3.35. The molecule has 3 rings (SSSR count). The molecule has 110 valence electrons. The highest BCUT2D eigenvalue weighted by Gasteiger charge is 2.44. The van der Waals surface area contributed by atoms with Gasteiger partial charge in [-0.05, 0) is 30.5 Å². The summed E-state index contributed by atoms with van der Waals surface area (Å²) in [6, 6.07) is 16.5. The van der Waals surface area contributed by atoms with Crippen molar-refractivity contribution in [3.63, 3.8) is 0 Å². The van der Waals surface area contributed by atoms with Gasteiger partial charge in [-0.25, -0.2) is 13.1 Å². The van der Waals surface area contributed by atoms with Crippen molar-refractivity contribution in [1.29, 1.82) is 0 Å². The van der Waals surface area contributed by atoms with Gasteiger partial charge in [0.25, 0.3) is 0 Å². The van der Waals surface area contributed by atoms with Gasteiger partial charge < -0.3 is 0 Å². The summed E-state index contributed by atoms with van der Waals surface area (Å²) in [6.45, 7) is 0.407. The van der Waals surface area contributed by atoms with E-state index in [0.717, 1.165) is 12.8 Å². The van der Waals surface area contributed by atoms with E-state index in [-0.39, 0.29) is 15.3 Å². The molecule has 1 fully saturated rings. The van der Waals surface area contributed by atoms with Crippen LogP contribution in [0.3, 0.4) is 0 Å². The van der Waals surface area contributed by atoms with E-state index in [0.29, 0.717) is 6.54 Å². The lowest BCUT2D eigenvalue weighted by atomic mass is 9.96. The van der Waals surface area contributed by atoms with Gasteiger partial charge in [0, 0.05) is 12.0 Å². The summed E-state index contributed by atoms with van der Waals surface area (Å²) in [5.41, 5.74) is 1.13. The van der Waals surface area contributed by atoms with Crippen LogP contribution in [-0.2, 0) is 15.4 Å². The van der Waals surface area contributed by atoms with Crippen molar-refractivity contribution in [3.8, 4) is 0 Å². The SMILES string of the molecule is O=S(=O)(NCC1(c2ccccc2)CC1)c1ccccc1Cl. The van der Waals surface area contributed by atoms with E-state index in [1.165, 1.54) is 11.6 Å². The molecule has 3 nitrogen and oxygen atoms in total. The standard InChI is InChI=1S/C16H16ClNO2S/c17-14-8-4-5-9-15(14)21(19,20)18-12-16(10-11-16)13-6-2-1-3-7-13/h1-9,18H,10-12H2. The lowest BCUT2D eigenvalue weighted by Crippen LogP contribution is -2.32. The third-order valence-electron chi connectivity index (χ3n) is 3.97. The maximum Gasteiger partial charge on any atom is 0.242 e. The summed E-state index contributed by atoms with van der Waals surface area (Å²) >= 11 is 5.97. The maximum atomic E-state index is 12.4. The Balaban J connectivity index is 1.78. The van der Waals surface area contributed by atoms with E-state index < -0.39 is 10.0 Å². The van der Waals surface area contributed by atoms with Crippen molar-refractivity contribution in [1.82, 2.24) is 4.72 Å². The van der Waals surface area contributed by atoms with E-state index in [9.17, 15) is 8.42 Å².